The Labute approximate surface area is 134 Å². The Bertz CT molecular complexity index is 800. The number of rotatable bonds is 2. The van der Waals surface area contributed by atoms with Gasteiger partial charge < -0.3 is 10.2 Å². The number of amides is 2. The fraction of sp³-hybridized carbons (Fsp3) is 0.267. The standard InChI is InChI=1S/C15H13F3N4O2/c1-22-10-5-3-2-4-8(10)9(6-13(22)23)14(24)19-12-7-11(20-21-12)15(16,17)18/h2-5,7,9H,6H2,1H3,(H2,19,20,21,24). The summed E-state index contributed by atoms with van der Waals surface area (Å²) in [7, 11) is 1.61. The van der Waals surface area contributed by atoms with E-state index in [0.717, 1.165) is 0 Å². The van der Waals surface area contributed by atoms with Crippen LogP contribution in [0.5, 0.6) is 0 Å². The minimum absolute atomic E-state index is 0.0596. The first kappa shape index (κ1) is 16.0. The summed E-state index contributed by atoms with van der Waals surface area (Å²) in [5, 5.41) is 7.59. The molecule has 2 heterocycles. The van der Waals surface area contributed by atoms with Crippen molar-refractivity contribution in [2.45, 2.75) is 18.5 Å². The number of H-pyrrole nitrogens is 1. The zero-order valence-electron chi connectivity index (χ0n) is 12.5. The van der Waals surface area contributed by atoms with Crippen molar-refractivity contribution in [3.63, 3.8) is 0 Å². The lowest BCUT2D eigenvalue weighted by molar-refractivity contribution is -0.141. The summed E-state index contributed by atoms with van der Waals surface area (Å²) in [5.41, 5.74) is 0.188. The van der Waals surface area contributed by atoms with Gasteiger partial charge in [-0.3, -0.25) is 14.7 Å². The lowest BCUT2D eigenvalue weighted by atomic mass is 9.89. The van der Waals surface area contributed by atoms with Crippen molar-refractivity contribution in [3.8, 4) is 0 Å². The minimum Gasteiger partial charge on any atom is -0.315 e. The van der Waals surface area contributed by atoms with Gasteiger partial charge in [0.1, 0.15) is 5.69 Å². The fourth-order valence-corrected chi connectivity index (χ4v) is 2.62. The summed E-state index contributed by atoms with van der Waals surface area (Å²) in [6.07, 6.45) is -4.64. The van der Waals surface area contributed by atoms with Gasteiger partial charge in [0, 0.05) is 25.2 Å². The van der Waals surface area contributed by atoms with E-state index >= 15 is 0 Å². The summed E-state index contributed by atoms with van der Waals surface area (Å²) < 4.78 is 37.7. The Hall–Kier alpha value is -2.84. The van der Waals surface area contributed by atoms with Crippen LogP contribution in [0, 0.1) is 0 Å². The Morgan fingerprint density at radius 2 is 2.08 bits per heavy atom. The van der Waals surface area contributed by atoms with Crippen LogP contribution in [-0.2, 0) is 15.8 Å². The molecular formula is C15H13F3N4O2. The molecule has 6 nitrogen and oxygen atoms in total. The van der Waals surface area contributed by atoms with Crippen LogP contribution in [0.1, 0.15) is 23.6 Å². The summed E-state index contributed by atoms with van der Waals surface area (Å²) >= 11 is 0. The molecule has 0 saturated carbocycles. The molecule has 2 amide bonds. The number of nitrogens with one attached hydrogen (secondary N) is 2. The van der Waals surface area contributed by atoms with Crippen LogP contribution < -0.4 is 10.2 Å². The molecule has 0 aliphatic carbocycles. The average molecular weight is 338 g/mol. The number of halogens is 3. The molecule has 0 fully saturated rings. The van der Waals surface area contributed by atoms with Gasteiger partial charge in [-0.1, -0.05) is 18.2 Å². The van der Waals surface area contributed by atoms with Gasteiger partial charge in [0.05, 0.1) is 5.92 Å². The molecule has 1 atom stereocenters. The van der Waals surface area contributed by atoms with Crippen LogP contribution in [0.15, 0.2) is 30.3 Å². The van der Waals surface area contributed by atoms with Crippen molar-refractivity contribution < 1.29 is 22.8 Å². The molecule has 1 aliphatic heterocycles. The molecule has 2 aromatic rings. The lowest BCUT2D eigenvalue weighted by Gasteiger charge is -2.30. The summed E-state index contributed by atoms with van der Waals surface area (Å²) in [5.74, 6) is -1.84. The van der Waals surface area contributed by atoms with E-state index in [4.69, 9.17) is 0 Å². The van der Waals surface area contributed by atoms with E-state index in [-0.39, 0.29) is 18.1 Å². The first-order chi connectivity index (χ1) is 11.3. The molecule has 1 aliphatic rings. The number of aromatic amines is 1. The van der Waals surface area contributed by atoms with Crippen LogP contribution in [-0.4, -0.2) is 29.1 Å². The number of hydrogen-bond acceptors (Lipinski definition) is 3. The molecule has 1 aromatic heterocycles. The quantitative estimate of drug-likeness (QED) is 0.883. The molecule has 3 rings (SSSR count). The van der Waals surface area contributed by atoms with Gasteiger partial charge >= 0.3 is 6.18 Å². The van der Waals surface area contributed by atoms with Gasteiger partial charge in [-0.05, 0) is 11.6 Å². The minimum atomic E-state index is -4.58. The zero-order valence-corrected chi connectivity index (χ0v) is 12.5. The third-order valence-electron chi connectivity index (χ3n) is 3.88. The molecule has 1 aromatic carbocycles. The van der Waals surface area contributed by atoms with Crippen molar-refractivity contribution in [2.24, 2.45) is 0 Å². The topological polar surface area (TPSA) is 78.1 Å². The van der Waals surface area contributed by atoms with Crippen molar-refractivity contribution in [1.82, 2.24) is 10.2 Å². The Morgan fingerprint density at radius 1 is 1.38 bits per heavy atom. The third kappa shape index (κ3) is 2.84. The second-order valence-corrected chi connectivity index (χ2v) is 5.42. The molecule has 9 heteroatoms. The van der Waals surface area contributed by atoms with Crippen LogP contribution in [0.25, 0.3) is 0 Å². The highest BCUT2D eigenvalue weighted by Gasteiger charge is 2.35. The largest absolute Gasteiger partial charge is 0.432 e. The average Bonchev–Trinajstić information content (AvgIpc) is 2.99. The van der Waals surface area contributed by atoms with Gasteiger partial charge in [0.15, 0.2) is 5.82 Å². The van der Waals surface area contributed by atoms with E-state index in [1.54, 1.807) is 31.3 Å². The van der Waals surface area contributed by atoms with E-state index in [9.17, 15) is 22.8 Å². The predicted octanol–water partition coefficient (Wildman–Crippen LogP) is 2.52. The van der Waals surface area contributed by atoms with Crippen LogP contribution in [0.2, 0.25) is 0 Å². The maximum Gasteiger partial charge on any atom is 0.432 e. The highest BCUT2D eigenvalue weighted by atomic mass is 19.4. The van der Waals surface area contributed by atoms with Gasteiger partial charge in [-0.25, -0.2) is 0 Å². The molecule has 0 saturated heterocycles. The van der Waals surface area contributed by atoms with Gasteiger partial charge in [0.2, 0.25) is 11.8 Å². The molecule has 126 valence electrons. The number of nitrogens with zero attached hydrogens (tertiary/aromatic N) is 2. The van der Waals surface area contributed by atoms with E-state index in [1.165, 1.54) is 4.90 Å². The van der Waals surface area contributed by atoms with Crippen molar-refractivity contribution in [2.75, 3.05) is 17.3 Å². The number of benzene rings is 1. The van der Waals surface area contributed by atoms with E-state index in [1.807, 2.05) is 5.10 Å². The molecule has 0 bridgehead atoms. The zero-order chi connectivity index (χ0) is 17.5. The van der Waals surface area contributed by atoms with Gasteiger partial charge in [0.25, 0.3) is 0 Å². The highest BCUT2D eigenvalue weighted by molar-refractivity contribution is 6.05. The highest BCUT2D eigenvalue weighted by Crippen LogP contribution is 2.36. The van der Waals surface area contributed by atoms with E-state index < -0.39 is 23.7 Å². The van der Waals surface area contributed by atoms with Crippen molar-refractivity contribution in [1.29, 1.82) is 0 Å². The fourth-order valence-electron chi connectivity index (χ4n) is 2.62. The molecule has 2 N–H and O–H groups in total. The summed E-state index contributed by atoms with van der Waals surface area (Å²) in [4.78, 5) is 25.9. The number of hydrogen-bond donors (Lipinski definition) is 2. The van der Waals surface area contributed by atoms with E-state index in [2.05, 4.69) is 10.4 Å². The number of carbonyl (C=O) groups is 2. The number of alkyl halides is 3. The molecule has 1 unspecified atom stereocenters. The number of carbonyl (C=O) groups excluding carboxylic acids is 2. The first-order valence-corrected chi connectivity index (χ1v) is 7.06. The SMILES string of the molecule is CN1C(=O)CC(C(=O)Nc2cc(C(F)(F)F)[nH]n2)c2ccccc21. The monoisotopic (exact) mass is 338 g/mol. The van der Waals surface area contributed by atoms with E-state index in [0.29, 0.717) is 17.3 Å². The molecule has 0 spiro atoms. The summed E-state index contributed by atoms with van der Waals surface area (Å²) in [6, 6.07) is 7.61. The Morgan fingerprint density at radius 3 is 2.75 bits per heavy atom. The van der Waals surface area contributed by atoms with Crippen LogP contribution in [0.3, 0.4) is 0 Å². The summed E-state index contributed by atoms with van der Waals surface area (Å²) in [6.45, 7) is 0. The van der Waals surface area contributed by atoms with Crippen LogP contribution in [0.4, 0.5) is 24.7 Å². The van der Waals surface area contributed by atoms with Crippen molar-refractivity contribution >= 4 is 23.3 Å². The smallest absolute Gasteiger partial charge is 0.315 e. The number of anilines is 2. The number of para-hydroxylation sites is 1. The third-order valence-corrected chi connectivity index (χ3v) is 3.88. The van der Waals surface area contributed by atoms with Gasteiger partial charge in [-0.2, -0.15) is 18.3 Å². The second-order valence-electron chi connectivity index (χ2n) is 5.42. The van der Waals surface area contributed by atoms with Gasteiger partial charge in [-0.15, -0.1) is 0 Å². The maximum absolute atomic E-state index is 12.6. The molecule has 0 radical (unpaired) electrons. The Kier molecular flexibility index (Phi) is 3.78. The lowest BCUT2D eigenvalue weighted by Crippen LogP contribution is -2.37. The number of aromatic nitrogens is 2. The van der Waals surface area contributed by atoms with Crippen molar-refractivity contribution in [3.05, 3.63) is 41.6 Å². The molecule has 24 heavy (non-hydrogen) atoms. The maximum atomic E-state index is 12.6. The molecular weight excluding hydrogens is 325 g/mol. The second kappa shape index (κ2) is 5.66. The Balaban J connectivity index is 1.84. The predicted molar refractivity (Wildman–Crippen MR) is 79.4 cm³/mol. The first-order valence-electron chi connectivity index (χ1n) is 7.06. The normalized spacial score (nSPS) is 17.6. The number of fused-ring (bicyclic) bond motifs is 1. The van der Waals surface area contributed by atoms with Crippen LogP contribution >= 0.6 is 0 Å².